The van der Waals surface area contributed by atoms with Gasteiger partial charge >= 0.3 is 11.9 Å². The van der Waals surface area contributed by atoms with Crippen molar-refractivity contribution in [1.82, 2.24) is 19.9 Å². The maximum atomic E-state index is 11.5. The van der Waals surface area contributed by atoms with Crippen LogP contribution in [0.5, 0.6) is 11.5 Å². The van der Waals surface area contributed by atoms with E-state index in [-0.39, 0.29) is 26.1 Å². The van der Waals surface area contributed by atoms with Gasteiger partial charge in [0.2, 0.25) is 0 Å². The molecule has 14 heteroatoms. The van der Waals surface area contributed by atoms with Gasteiger partial charge in [-0.2, -0.15) is 0 Å². The zero-order valence-corrected chi connectivity index (χ0v) is 36.0. The number of halogens is 2. The first-order valence-electron chi connectivity index (χ1n) is 20.7. The van der Waals surface area contributed by atoms with Crippen LogP contribution in [0.4, 0.5) is 0 Å². The van der Waals surface area contributed by atoms with Crippen LogP contribution in [-0.4, -0.2) is 80.7 Å². The minimum atomic E-state index is -0.924. The summed E-state index contributed by atoms with van der Waals surface area (Å²) in [6, 6.07) is 22.9. The molecular formula is C48H48Cl2N4O8. The average Bonchev–Trinajstić information content (AvgIpc) is 4.11. The number of rotatable bonds is 20. The number of para-hydroxylation sites is 2. The average molecular weight is 880 g/mol. The van der Waals surface area contributed by atoms with Crippen LogP contribution >= 0.6 is 23.2 Å². The first kappa shape index (κ1) is 44.1. The van der Waals surface area contributed by atoms with Gasteiger partial charge < -0.3 is 39.1 Å². The molecule has 0 fully saturated rings. The molecule has 12 nitrogen and oxygen atoms in total. The van der Waals surface area contributed by atoms with Gasteiger partial charge in [-0.15, -0.1) is 0 Å². The number of H-pyrrole nitrogens is 2. The van der Waals surface area contributed by atoms with Crippen LogP contribution in [-0.2, 0) is 19.1 Å². The highest BCUT2D eigenvalue weighted by molar-refractivity contribution is 6.36. The summed E-state index contributed by atoms with van der Waals surface area (Å²) >= 11 is 14.3. The lowest BCUT2D eigenvalue weighted by atomic mass is 10.0. The molecule has 5 aromatic rings. The third kappa shape index (κ3) is 10.6. The number of hydrogen-bond donors (Lipinski definition) is 4. The fourth-order valence-electron chi connectivity index (χ4n) is 7.35. The molecule has 2 aliphatic heterocycles. The second kappa shape index (κ2) is 20.8. The normalized spacial score (nSPS) is 13.0. The number of aromatic nitrogens is 4. The highest BCUT2D eigenvalue weighted by Gasteiger charge is 2.21. The summed E-state index contributed by atoms with van der Waals surface area (Å²) in [5, 5.41) is 19.7. The van der Waals surface area contributed by atoms with Crippen molar-refractivity contribution < 1.29 is 38.7 Å². The molecule has 0 saturated heterocycles. The molecule has 5 heterocycles. The molecule has 322 valence electrons. The molecule has 2 atom stereocenters. The van der Waals surface area contributed by atoms with Gasteiger partial charge in [-0.1, -0.05) is 73.4 Å². The van der Waals surface area contributed by atoms with E-state index >= 15 is 0 Å². The Morgan fingerprint density at radius 1 is 0.565 bits per heavy atom. The predicted molar refractivity (Wildman–Crippen MR) is 245 cm³/mol. The third-order valence-corrected chi connectivity index (χ3v) is 11.0. The minimum absolute atomic E-state index is 0.112. The molecule has 62 heavy (non-hydrogen) atoms. The first-order valence-corrected chi connectivity index (χ1v) is 21.5. The Balaban J connectivity index is 1.33. The molecule has 8 bridgehead atoms. The van der Waals surface area contributed by atoms with Gasteiger partial charge in [-0.05, 0) is 73.5 Å². The predicted octanol–water partition coefficient (Wildman–Crippen LogP) is 11.4. The van der Waals surface area contributed by atoms with Crippen molar-refractivity contribution in [2.24, 2.45) is 0 Å². The van der Waals surface area contributed by atoms with E-state index < -0.39 is 24.1 Å². The van der Waals surface area contributed by atoms with Crippen LogP contribution in [0.2, 0.25) is 10.0 Å². The van der Waals surface area contributed by atoms with Crippen molar-refractivity contribution in [1.29, 1.82) is 0 Å². The van der Waals surface area contributed by atoms with Crippen LogP contribution < -0.4 is 9.47 Å². The number of aliphatic carboxylic acids is 2. The third-order valence-electron chi connectivity index (χ3n) is 10.3. The topological polar surface area (TPSA) is 169 Å². The molecule has 0 spiro atoms. The lowest BCUT2D eigenvalue weighted by Gasteiger charge is -2.17. The summed E-state index contributed by atoms with van der Waals surface area (Å²) in [4.78, 5) is 40.2. The lowest BCUT2D eigenvalue weighted by molar-refractivity contribution is -0.141. The molecule has 7 rings (SSSR count). The van der Waals surface area contributed by atoms with Crippen molar-refractivity contribution in [3.8, 4) is 33.8 Å². The van der Waals surface area contributed by atoms with Crippen molar-refractivity contribution in [3.05, 3.63) is 106 Å². The van der Waals surface area contributed by atoms with E-state index in [1.54, 1.807) is 0 Å². The monoisotopic (exact) mass is 878 g/mol. The number of hydrogen-bond acceptors (Lipinski definition) is 8. The SMILES string of the molecule is CCCOC(CCOc1ccccc1-c1c2nc(c(Cl)c3ccc([nH]3)c(-c3ccccc3OCCC(CC(=O)O)OCCC)c3nc(c(Cl)c4ccc1[nH]4)C=C3)C=C2)CC(=O)O. The molecule has 2 aromatic carbocycles. The Hall–Kier alpha value is -5.92. The quantitative estimate of drug-likeness (QED) is 0.0578. The molecule has 2 unspecified atom stereocenters. The second-order valence-corrected chi connectivity index (χ2v) is 15.6. The van der Waals surface area contributed by atoms with E-state index in [0.29, 0.717) is 81.4 Å². The number of carboxylic acid groups (broad SMARTS) is 2. The molecule has 3 aromatic heterocycles. The number of fused-ring (bicyclic) bond motifs is 8. The van der Waals surface area contributed by atoms with Crippen LogP contribution in [0.1, 0.15) is 75.1 Å². The maximum Gasteiger partial charge on any atom is 0.305 e. The number of nitrogens with one attached hydrogen (secondary N) is 2. The maximum absolute atomic E-state index is 11.5. The van der Waals surface area contributed by atoms with E-state index in [1.807, 2.05) is 111 Å². The number of aromatic amines is 2. The van der Waals surface area contributed by atoms with E-state index in [9.17, 15) is 19.8 Å². The molecular weight excluding hydrogens is 831 g/mol. The van der Waals surface area contributed by atoms with Gasteiger partial charge in [0.1, 0.15) is 11.5 Å². The van der Waals surface area contributed by atoms with Crippen molar-refractivity contribution in [2.75, 3.05) is 26.4 Å². The van der Waals surface area contributed by atoms with E-state index in [2.05, 4.69) is 9.97 Å². The Kier molecular flexibility index (Phi) is 14.8. The highest BCUT2D eigenvalue weighted by atomic mass is 35.5. The lowest BCUT2D eigenvalue weighted by Crippen LogP contribution is -2.21. The van der Waals surface area contributed by atoms with Gasteiger partial charge in [0.15, 0.2) is 0 Å². The van der Waals surface area contributed by atoms with Crippen molar-refractivity contribution >= 4 is 81.5 Å². The van der Waals surface area contributed by atoms with Gasteiger partial charge in [-0.3, -0.25) is 9.59 Å². The minimum Gasteiger partial charge on any atom is -0.493 e. The summed E-state index contributed by atoms with van der Waals surface area (Å²) < 4.78 is 24.3. The number of ether oxygens (including phenoxy) is 4. The Morgan fingerprint density at radius 3 is 1.35 bits per heavy atom. The zero-order valence-electron chi connectivity index (χ0n) is 34.5. The second-order valence-electron chi connectivity index (χ2n) is 14.8. The van der Waals surface area contributed by atoms with Crippen molar-refractivity contribution in [2.45, 2.75) is 64.6 Å². The zero-order chi connectivity index (χ0) is 43.6. The van der Waals surface area contributed by atoms with Gasteiger partial charge in [0.25, 0.3) is 0 Å². The smallest absolute Gasteiger partial charge is 0.305 e. The summed E-state index contributed by atoms with van der Waals surface area (Å²) in [7, 11) is 0. The summed E-state index contributed by atoms with van der Waals surface area (Å²) in [6.45, 7) is 5.36. The van der Waals surface area contributed by atoms with Gasteiger partial charge in [0, 0.05) is 59.3 Å². The number of benzene rings is 2. The van der Waals surface area contributed by atoms with Gasteiger partial charge in [0.05, 0.1) is 82.1 Å². The fourth-order valence-corrected chi connectivity index (χ4v) is 7.78. The first-order chi connectivity index (χ1) is 30.1. The van der Waals surface area contributed by atoms with Crippen LogP contribution in [0, 0.1) is 0 Å². The molecule has 4 N–H and O–H groups in total. The summed E-state index contributed by atoms with van der Waals surface area (Å²) in [6.07, 6.45) is 8.70. The number of carboxylic acids is 2. The van der Waals surface area contributed by atoms with Crippen LogP contribution in [0.25, 0.3) is 68.6 Å². The highest BCUT2D eigenvalue weighted by Crippen LogP contribution is 2.40. The standard InChI is InChI=1S/C48H48Cl2N4O8/c1-3-23-59-29(27-43(55)56)21-25-61-41-11-7-5-9-31(41)45-33-13-17-37(51-33)47(49)39-19-15-35(53-39)46(36-16-20-40(54-36)48(50)38-18-14-34(45)52-38)32-10-6-8-12-42(32)62-26-22-30(28-44(57)58)60-24-4-2/h5-20,29-30,51,54H,3-4,21-28H2,1-2H3,(H,55,56)(H,57,58). The molecule has 0 saturated carbocycles. The molecule has 2 aliphatic rings. The Bertz CT molecular complexity index is 2470. The number of carbonyl (C=O) groups is 2. The molecule has 0 aliphatic carbocycles. The molecule has 0 radical (unpaired) electrons. The number of nitrogens with zero attached hydrogens (tertiary/aromatic N) is 2. The van der Waals surface area contributed by atoms with E-state index in [0.717, 1.165) is 46.1 Å². The summed E-state index contributed by atoms with van der Waals surface area (Å²) in [5.74, 6) is -0.679. The van der Waals surface area contributed by atoms with Crippen molar-refractivity contribution in [3.63, 3.8) is 0 Å². The summed E-state index contributed by atoms with van der Waals surface area (Å²) in [5.41, 5.74) is 8.03. The van der Waals surface area contributed by atoms with Gasteiger partial charge in [-0.25, -0.2) is 9.97 Å². The largest absolute Gasteiger partial charge is 0.493 e. The van der Waals surface area contributed by atoms with Crippen LogP contribution in [0.15, 0.2) is 72.8 Å². The molecule has 0 amide bonds. The van der Waals surface area contributed by atoms with E-state index in [4.69, 9.17) is 52.1 Å². The van der Waals surface area contributed by atoms with E-state index in [1.165, 1.54) is 0 Å². The van der Waals surface area contributed by atoms with Crippen LogP contribution in [0.3, 0.4) is 0 Å². The fraction of sp³-hybridized carbons (Fsp3) is 0.292. The Labute approximate surface area is 369 Å². The Morgan fingerprint density at radius 2 is 0.952 bits per heavy atom.